The fraction of sp³-hybridized carbons (Fsp3) is 0.471. The molecule has 1 amide bonds. The van der Waals surface area contributed by atoms with E-state index in [-0.39, 0.29) is 12.5 Å². The van der Waals surface area contributed by atoms with Gasteiger partial charge >= 0.3 is 0 Å². The summed E-state index contributed by atoms with van der Waals surface area (Å²) in [7, 11) is 0. The molecule has 1 atom stereocenters. The summed E-state index contributed by atoms with van der Waals surface area (Å²) in [6, 6.07) is 5.58. The van der Waals surface area contributed by atoms with E-state index in [2.05, 4.69) is 14.9 Å². The normalized spacial score (nSPS) is 25.3. The number of aromatic nitrogens is 2. The van der Waals surface area contributed by atoms with Crippen molar-refractivity contribution >= 4 is 23.1 Å². The zero-order chi connectivity index (χ0) is 17.1. The Kier molecular flexibility index (Phi) is 4.76. The molecule has 8 heteroatoms. The summed E-state index contributed by atoms with van der Waals surface area (Å²) in [5, 5.41) is 3.06. The number of morpholine rings is 1. The topological polar surface area (TPSA) is 67.8 Å². The smallest absolute Gasteiger partial charge is 0.254 e. The number of rotatable bonds is 3. The Bertz CT molecular complexity index is 712. The van der Waals surface area contributed by atoms with Crippen molar-refractivity contribution in [3.63, 3.8) is 0 Å². The van der Waals surface area contributed by atoms with Crippen LogP contribution in [0.1, 0.15) is 5.01 Å². The van der Waals surface area contributed by atoms with E-state index in [0.29, 0.717) is 32.1 Å². The molecule has 2 aromatic heterocycles. The number of amides is 1. The molecule has 0 aliphatic carbocycles. The van der Waals surface area contributed by atoms with E-state index in [1.807, 2.05) is 29.8 Å². The number of pyridine rings is 1. The molecular weight excluding hydrogens is 340 g/mol. The minimum atomic E-state index is -0.542. The number of ether oxygens (including phenoxy) is 2. The average molecular weight is 360 g/mol. The highest BCUT2D eigenvalue weighted by molar-refractivity contribution is 7.09. The summed E-state index contributed by atoms with van der Waals surface area (Å²) >= 11 is 1.65. The molecule has 0 N–H and O–H groups in total. The third kappa shape index (κ3) is 3.72. The molecule has 2 saturated heterocycles. The quantitative estimate of drug-likeness (QED) is 0.819. The maximum atomic E-state index is 12.3. The maximum absolute atomic E-state index is 12.3. The molecule has 4 heterocycles. The Labute approximate surface area is 150 Å². The lowest BCUT2D eigenvalue weighted by Gasteiger charge is -2.42. The van der Waals surface area contributed by atoms with E-state index in [4.69, 9.17) is 9.47 Å². The van der Waals surface area contributed by atoms with Crippen molar-refractivity contribution in [1.29, 1.82) is 0 Å². The largest absolute Gasteiger partial charge is 0.377 e. The molecule has 1 unspecified atom stereocenters. The van der Waals surface area contributed by atoms with Gasteiger partial charge in [0, 0.05) is 30.9 Å². The molecule has 2 aliphatic heterocycles. The first kappa shape index (κ1) is 16.6. The highest BCUT2D eigenvalue weighted by Gasteiger charge is 2.43. The third-order valence-corrected chi connectivity index (χ3v) is 5.21. The predicted octanol–water partition coefficient (Wildman–Crippen LogP) is 1.17. The van der Waals surface area contributed by atoms with Gasteiger partial charge in [0.1, 0.15) is 23.0 Å². The molecule has 2 aliphatic rings. The van der Waals surface area contributed by atoms with Crippen molar-refractivity contribution in [2.45, 2.75) is 12.1 Å². The second-order valence-corrected chi connectivity index (χ2v) is 7.31. The first-order valence-electron chi connectivity index (χ1n) is 8.28. The number of hydrogen-bond donors (Lipinski definition) is 0. The second kappa shape index (κ2) is 7.17. The molecule has 25 heavy (non-hydrogen) atoms. The zero-order valence-corrected chi connectivity index (χ0v) is 14.7. The van der Waals surface area contributed by atoms with Gasteiger partial charge in [-0.05, 0) is 12.1 Å². The van der Waals surface area contributed by atoms with Gasteiger partial charge in [0.2, 0.25) is 0 Å². The van der Waals surface area contributed by atoms with E-state index in [1.165, 1.54) is 0 Å². The lowest BCUT2D eigenvalue weighted by Crippen LogP contribution is -2.60. The molecule has 1 spiro atoms. The lowest BCUT2D eigenvalue weighted by atomic mass is 10.0. The van der Waals surface area contributed by atoms with Crippen molar-refractivity contribution in [2.75, 3.05) is 44.4 Å². The van der Waals surface area contributed by atoms with Gasteiger partial charge in [-0.2, -0.15) is 0 Å². The third-order valence-electron chi connectivity index (χ3n) is 4.45. The number of hydrogen-bond acceptors (Lipinski definition) is 7. The van der Waals surface area contributed by atoms with Crippen LogP contribution in [0.15, 0.2) is 36.0 Å². The Morgan fingerprint density at radius 3 is 3.00 bits per heavy atom. The minimum absolute atomic E-state index is 0.0467. The molecule has 0 bridgehead atoms. The van der Waals surface area contributed by atoms with E-state index in [9.17, 15) is 4.79 Å². The molecule has 0 aromatic carbocycles. The van der Waals surface area contributed by atoms with Crippen LogP contribution in [-0.2, 0) is 20.8 Å². The van der Waals surface area contributed by atoms with Crippen molar-refractivity contribution in [3.05, 3.63) is 41.0 Å². The van der Waals surface area contributed by atoms with Crippen LogP contribution >= 0.6 is 11.3 Å². The number of carbonyl (C=O) groups is 1. The fourth-order valence-corrected chi connectivity index (χ4v) is 3.92. The maximum Gasteiger partial charge on any atom is 0.254 e. The van der Waals surface area contributed by atoms with Crippen LogP contribution in [0.4, 0.5) is 5.82 Å². The highest BCUT2D eigenvalue weighted by Crippen LogP contribution is 2.26. The van der Waals surface area contributed by atoms with E-state index in [0.717, 1.165) is 18.1 Å². The van der Waals surface area contributed by atoms with E-state index >= 15 is 0 Å². The van der Waals surface area contributed by atoms with E-state index in [1.54, 1.807) is 22.4 Å². The van der Waals surface area contributed by atoms with Gasteiger partial charge in [-0.1, -0.05) is 6.07 Å². The zero-order valence-electron chi connectivity index (χ0n) is 13.8. The van der Waals surface area contributed by atoms with Gasteiger partial charge in [-0.15, -0.1) is 11.3 Å². The summed E-state index contributed by atoms with van der Waals surface area (Å²) in [6.45, 7) is 3.89. The van der Waals surface area contributed by atoms with Crippen LogP contribution in [0.25, 0.3) is 0 Å². The van der Waals surface area contributed by atoms with Gasteiger partial charge < -0.3 is 9.47 Å². The minimum Gasteiger partial charge on any atom is -0.377 e. The van der Waals surface area contributed by atoms with Crippen LogP contribution in [0.5, 0.6) is 0 Å². The Morgan fingerprint density at radius 1 is 1.24 bits per heavy atom. The van der Waals surface area contributed by atoms with Gasteiger partial charge in [-0.25, -0.2) is 9.97 Å². The van der Waals surface area contributed by atoms with Gasteiger partial charge in [0.15, 0.2) is 0 Å². The van der Waals surface area contributed by atoms with Gasteiger partial charge in [0.05, 0.1) is 26.3 Å². The molecule has 2 aromatic rings. The van der Waals surface area contributed by atoms with Crippen LogP contribution in [-0.4, -0.2) is 65.8 Å². The molecule has 7 nitrogen and oxygen atoms in total. The van der Waals surface area contributed by atoms with Crippen molar-refractivity contribution in [3.8, 4) is 0 Å². The number of thiazole rings is 1. The van der Waals surface area contributed by atoms with Crippen LogP contribution in [0.3, 0.4) is 0 Å². The first-order valence-corrected chi connectivity index (χ1v) is 9.16. The molecule has 2 fully saturated rings. The summed E-state index contributed by atoms with van der Waals surface area (Å²) in [4.78, 5) is 25.0. The van der Waals surface area contributed by atoms with Crippen LogP contribution in [0, 0.1) is 0 Å². The number of carbonyl (C=O) groups excluding carboxylic acids is 1. The summed E-state index contributed by atoms with van der Waals surface area (Å²) < 4.78 is 11.8. The summed E-state index contributed by atoms with van der Waals surface area (Å²) in [6.07, 6.45) is 3.52. The first-order chi connectivity index (χ1) is 12.2. The Balaban J connectivity index is 1.53. The molecule has 132 valence electrons. The Hall–Kier alpha value is -1.87. The Morgan fingerprint density at radius 2 is 2.20 bits per heavy atom. The molecule has 4 rings (SSSR count). The van der Waals surface area contributed by atoms with Gasteiger partial charge in [-0.3, -0.25) is 14.6 Å². The van der Waals surface area contributed by atoms with E-state index < -0.39 is 5.60 Å². The van der Waals surface area contributed by atoms with Gasteiger partial charge in [0.25, 0.3) is 5.91 Å². The van der Waals surface area contributed by atoms with Crippen molar-refractivity contribution < 1.29 is 14.3 Å². The van der Waals surface area contributed by atoms with Crippen molar-refractivity contribution in [2.24, 2.45) is 0 Å². The van der Waals surface area contributed by atoms with Crippen LogP contribution in [0.2, 0.25) is 0 Å². The molecular formula is C17H20N4O3S. The van der Waals surface area contributed by atoms with Crippen molar-refractivity contribution in [1.82, 2.24) is 14.9 Å². The molecule has 0 radical (unpaired) electrons. The number of nitrogens with zero attached hydrogens (tertiary/aromatic N) is 4. The second-order valence-electron chi connectivity index (χ2n) is 6.33. The highest BCUT2D eigenvalue weighted by atomic mass is 32.1. The standard InChI is InChI=1S/C17H20N4O3S/c22-16-10-24-17(12-21(16)14-3-1-2-4-18-14)11-20(6-7-23-13-17)9-15-19-5-8-25-15/h1-5,8H,6-7,9-13H2. The fourth-order valence-electron chi connectivity index (χ4n) is 3.26. The summed E-state index contributed by atoms with van der Waals surface area (Å²) in [5.74, 6) is 0.589. The summed E-state index contributed by atoms with van der Waals surface area (Å²) in [5.41, 5.74) is -0.542. The predicted molar refractivity (Wildman–Crippen MR) is 93.5 cm³/mol. The average Bonchev–Trinajstić information content (AvgIpc) is 3.07. The van der Waals surface area contributed by atoms with Crippen LogP contribution < -0.4 is 4.90 Å². The lowest BCUT2D eigenvalue weighted by molar-refractivity contribution is -0.146. The SMILES string of the molecule is O=C1COC2(COCCN(Cc3nccs3)C2)CN1c1ccccn1. The molecule has 0 saturated carbocycles. The monoisotopic (exact) mass is 360 g/mol. The number of anilines is 1.